The van der Waals surface area contributed by atoms with Gasteiger partial charge in [-0.15, -0.1) is 0 Å². The number of esters is 1. The zero-order valence-corrected chi connectivity index (χ0v) is 13.3. The molecule has 1 aromatic carbocycles. The average Bonchev–Trinajstić information content (AvgIpc) is 2.47. The van der Waals surface area contributed by atoms with E-state index < -0.39 is 0 Å². The van der Waals surface area contributed by atoms with Crippen molar-refractivity contribution in [2.24, 2.45) is 0 Å². The number of amides is 1. The Morgan fingerprint density at radius 2 is 2.09 bits per heavy atom. The van der Waals surface area contributed by atoms with Crippen LogP contribution in [0.4, 0.5) is 0 Å². The topological polar surface area (TPSA) is 58.6 Å². The Morgan fingerprint density at radius 3 is 2.86 bits per heavy atom. The number of hydrogen-bond donors (Lipinski definition) is 1. The number of aryl methyl sites for hydroxylation is 1. The number of hydrogen-bond acceptors (Lipinski definition) is 4. The van der Waals surface area contributed by atoms with Crippen LogP contribution in [0.1, 0.15) is 36.9 Å². The Bertz CT molecular complexity index is 530. The van der Waals surface area contributed by atoms with Gasteiger partial charge in [-0.05, 0) is 44.4 Å². The zero-order chi connectivity index (χ0) is 15.9. The van der Waals surface area contributed by atoms with Crippen molar-refractivity contribution >= 4 is 11.9 Å². The maximum atomic E-state index is 12.2. The van der Waals surface area contributed by atoms with Gasteiger partial charge in [0, 0.05) is 0 Å². The van der Waals surface area contributed by atoms with Crippen LogP contribution in [0.5, 0.6) is 0 Å². The van der Waals surface area contributed by atoms with Crippen molar-refractivity contribution in [3.05, 3.63) is 35.4 Å². The molecule has 120 valence electrons. The van der Waals surface area contributed by atoms with Crippen molar-refractivity contribution in [2.45, 2.75) is 32.2 Å². The molecule has 0 radical (unpaired) electrons. The summed E-state index contributed by atoms with van der Waals surface area (Å²) in [4.78, 5) is 25.2. The van der Waals surface area contributed by atoms with Crippen molar-refractivity contribution in [1.82, 2.24) is 10.2 Å². The van der Waals surface area contributed by atoms with E-state index in [-0.39, 0.29) is 31.0 Å². The van der Waals surface area contributed by atoms with Gasteiger partial charge in [-0.3, -0.25) is 14.5 Å². The molecule has 0 heterocycles. The van der Waals surface area contributed by atoms with Gasteiger partial charge in [0.15, 0.2) is 0 Å². The van der Waals surface area contributed by atoms with E-state index >= 15 is 0 Å². The van der Waals surface area contributed by atoms with E-state index in [0.29, 0.717) is 6.61 Å². The summed E-state index contributed by atoms with van der Waals surface area (Å²) in [6.45, 7) is 2.45. The van der Waals surface area contributed by atoms with E-state index in [1.807, 2.05) is 12.1 Å². The minimum Gasteiger partial charge on any atom is -0.465 e. The predicted molar refractivity (Wildman–Crippen MR) is 84.4 cm³/mol. The number of nitrogens with one attached hydrogen (secondary N) is 1. The Balaban J connectivity index is 1.86. The molecule has 0 aliphatic heterocycles. The second kappa shape index (κ2) is 7.94. The number of fused-ring (bicyclic) bond motifs is 1. The molecule has 0 aromatic heterocycles. The summed E-state index contributed by atoms with van der Waals surface area (Å²) in [5, 5.41) is 3.08. The molecule has 5 nitrogen and oxygen atoms in total. The molecule has 5 heteroatoms. The average molecular weight is 304 g/mol. The van der Waals surface area contributed by atoms with Crippen LogP contribution in [0.25, 0.3) is 0 Å². The molecule has 1 amide bonds. The van der Waals surface area contributed by atoms with Crippen LogP contribution in [0, 0.1) is 0 Å². The number of carbonyl (C=O) groups excluding carboxylic acids is 2. The first-order chi connectivity index (χ1) is 10.6. The maximum Gasteiger partial charge on any atom is 0.320 e. The summed E-state index contributed by atoms with van der Waals surface area (Å²) in [6.07, 6.45) is 3.12. The van der Waals surface area contributed by atoms with E-state index in [0.717, 1.165) is 19.3 Å². The van der Waals surface area contributed by atoms with E-state index in [9.17, 15) is 9.59 Å². The normalized spacial score (nSPS) is 17.0. The molecule has 1 aromatic rings. The van der Waals surface area contributed by atoms with Gasteiger partial charge < -0.3 is 10.1 Å². The minimum atomic E-state index is -0.305. The lowest BCUT2D eigenvalue weighted by Crippen LogP contribution is -2.40. The van der Waals surface area contributed by atoms with Gasteiger partial charge in [0.25, 0.3) is 0 Å². The fourth-order valence-electron chi connectivity index (χ4n) is 2.87. The minimum absolute atomic E-state index is 0.0616. The second-order valence-electron chi connectivity index (χ2n) is 5.69. The summed E-state index contributed by atoms with van der Waals surface area (Å²) < 4.78 is 4.88. The van der Waals surface area contributed by atoms with E-state index in [4.69, 9.17) is 4.74 Å². The largest absolute Gasteiger partial charge is 0.465 e. The van der Waals surface area contributed by atoms with Crippen molar-refractivity contribution < 1.29 is 14.3 Å². The van der Waals surface area contributed by atoms with E-state index in [1.165, 1.54) is 11.1 Å². The summed E-state index contributed by atoms with van der Waals surface area (Å²) in [6, 6.07) is 8.34. The van der Waals surface area contributed by atoms with Crippen LogP contribution in [0.2, 0.25) is 0 Å². The molecule has 0 saturated carbocycles. The van der Waals surface area contributed by atoms with Gasteiger partial charge in [-0.1, -0.05) is 24.3 Å². The number of rotatable bonds is 6. The fourth-order valence-corrected chi connectivity index (χ4v) is 2.87. The second-order valence-corrected chi connectivity index (χ2v) is 5.69. The maximum absolute atomic E-state index is 12.2. The summed E-state index contributed by atoms with van der Waals surface area (Å²) in [5.41, 5.74) is 2.54. The third-order valence-corrected chi connectivity index (χ3v) is 3.82. The van der Waals surface area contributed by atoms with Gasteiger partial charge in [-0.25, -0.2) is 0 Å². The lowest BCUT2D eigenvalue weighted by molar-refractivity contribution is -0.144. The highest BCUT2D eigenvalue weighted by Crippen LogP contribution is 2.29. The van der Waals surface area contributed by atoms with Crippen molar-refractivity contribution in [2.75, 3.05) is 26.7 Å². The lowest BCUT2D eigenvalue weighted by atomic mass is 9.88. The molecule has 22 heavy (non-hydrogen) atoms. The SMILES string of the molecule is CCOC(=O)CN(C)CC(=O)N[C@@H]1CCCc2ccccc21. The van der Waals surface area contributed by atoms with Gasteiger partial charge >= 0.3 is 5.97 Å². The molecule has 1 aliphatic rings. The Kier molecular flexibility index (Phi) is 5.95. The molecule has 0 unspecified atom stereocenters. The van der Waals surface area contributed by atoms with Gasteiger partial charge in [-0.2, -0.15) is 0 Å². The molecular weight excluding hydrogens is 280 g/mol. The van der Waals surface area contributed by atoms with Crippen molar-refractivity contribution in [3.63, 3.8) is 0 Å². The first kappa shape index (κ1) is 16.5. The Hall–Kier alpha value is -1.88. The van der Waals surface area contributed by atoms with Crippen LogP contribution in [-0.4, -0.2) is 43.5 Å². The molecule has 1 aliphatic carbocycles. The number of benzene rings is 1. The number of carbonyl (C=O) groups is 2. The Labute approximate surface area is 131 Å². The first-order valence-corrected chi connectivity index (χ1v) is 7.81. The quantitative estimate of drug-likeness (QED) is 0.812. The first-order valence-electron chi connectivity index (χ1n) is 7.81. The van der Waals surface area contributed by atoms with E-state index in [1.54, 1.807) is 18.9 Å². The van der Waals surface area contributed by atoms with Gasteiger partial charge in [0.2, 0.25) is 5.91 Å². The third kappa shape index (κ3) is 4.56. The monoisotopic (exact) mass is 304 g/mol. The van der Waals surface area contributed by atoms with Crippen LogP contribution < -0.4 is 5.32 Å². The molecule has 0 spiro atoms. The van der Waals surface area contributed by atoms with Crippen LogP contribution in [0.3, 0.4) is 0 Å². The fraction of sp³-hybridized carbons (Fsp3) is 0.529. The number of ether oxygens (including phenoxy) is 1. The molecular formula is C17H24N2O3. The van der Waals surface area contributed by atoms with E-state index in [2.05, 4.69) is 17.4 Å². The third-order valence-electron chi connectivity index (χ3n) is 3.82. The summed E-state index contributed by atoms with van der Waals surface area (Å²) in [5.74, 6) is -0.366. The van der Waals surface area contributed by atoms with Crippen LogP contribution in [-0.2, 0) is 20.7 Å². The zero-order valence-electron chi connectivity index (χ0n) is 13.3. The van der Waals surface area contributed by atoms with Crippen LogP contribution >= 0.6 is 0 Å². The molecule has 0 saturated heterocycles. The summed E-state index contributed by atoms with van der Waals surface area (Å²) in [7, 11) is 1.74. The molecule has 0 fully saturated rings. The van der Waals surface area contributed by atoms with Crippen molar-refractivity contribution in [1.29, 1.82) is 0 Å². The number of nitrogens with zero attached hydrogens (tertiary/aromatic N) is 1. The highest BCUT2D eigenvalue weighted by Gasteiger charge is 2.22. The van der Waals surface area contributed by atoms with Gasteiger partial charge in [0.05, 0.1) is 25.7 Å². The molecule has 0 bridgehead atoms. The smallest absolute Gasteiger partial charge is 0.320 e. The molecule has 2 rings (SSSR count). The Morgan fingerprint density at radius 1 is 1.32 bits per heavy atom. The number of likely N-dealkylation sites (N-methyl/N-ethyl adjacent to an activating group) is 1. The van der Waals surface area contributed by atoms with Crippen LogP contribution in [0.15, 0.2) is 24.3 Å². The summed E-state index contributed by atoms with van der Waals surface area (Å²) >= 11 is 0. The molecule has 1 atom stereocenters. The lowest BCUT2D eigenvalue weighted by Gasteiger charge is -2.27. The predicted octanol–water partition coefficient (Wildman–Crippen LogP) is 1.68. The highest BCUT2D eigenvalue weighted by atomic mass is 16.5. The molecule has 1 N–H and O–H groups in total. The van der Waals surface area contributed by atoms with Crippen molar-refractivity contribution in [3.8, 4) is 0 Å². The standard InChI is InChI=1S/C17H24N2O3/c1-3-22-17(21)12-19(2)11-16(20)18-15-10-6-8-13-7-4-5-9-14(13)15/h4-5,7,9,15H,3,6,8,10-12H2,1-2H3,(H,18,20)/t15-/m1/s1. The van der Waals surface area contributed by atoms with Gasteiger partial charge in [0.1, 0.15) is 0 Å². The highest BCUT2D eigenvalue weighted by molar-refractivity contribution is 5.79.